The highest BCUT2D eigenvalue weighted by Gasteiger charge is 2.24. The van der Waals surface area contributed by atoms with Gasteiger partial charge < -0.3 is 72.4 Å². The predicted molar refractivity (Wildman–Crippen MR) is 474 cm³/mol. The number of para-hydroxylation sites is 2. The molecule has 0 bridgehead atoms. The Morgan fingerprint density at radius 1 is 0.315 bits per heavy atom. The van der Waals surface area contributed by atoms with E-state index in [2.05, 4.69) is 103 Å². The fourth-order valence-electron chi connectivity index (χ4n) is 13.3. The molecule has 2 fully saturated rings. The molecule has 14 N–H and O–H groups in total. The number of hydrogen-bond acceptors (Lipinski definition) is 18. The average Bonchev–Trinajstić information content (AvgIpc) is 1.66. The first kappa shape index (κ1) is 82.2. The molecule has 2 aliphatic heterocycles. The van der Waals surface area contributed by atoms with E-state index in [0.29, 0.717) is 137 Å². The normalized spacial score (nSPS) is 12.2. The van der Waals surface area contributed by atoms with Crippen LogP contribution in [0.1, 0.15) is 42.0 Å². The number of urea groups is 4. The Bertz CT molecular complexity index is 6540. The van der Waals surface area contributed by atoms with Crippen molar-refractivity contribution in [2.45, 2.75) is 0 Å². The lowest BCUT2D eigenvalue weighted by atomic mass is 10.0. The largest absolute Gasteiger partial charge is 0.378 e. The minimum atomic E-state index is -0.663. The highest BCUT2D eigenvalue weighted by Crippen LogP contribution is 2.33. The molecule has 18 rings (SSSR count). The summed E-state index contributed by atoms with van der Waals surface area (Å²) < 4.78 is 10.6. The zero-order valence-corrected chi connectivity index (χ0v) is 66.6. The van der Waals surface area contributed by atoms with Crippen LogP contribution in [0.15, 0.2) is 268 Å². The van der Waals surface area contributed by atoms with Crippen molar-refractivity contribution >= 4 is 137 Å². The predicted octanol–water partition coefficient (Wildman–Crippen LogP) is 14.8. The smallest absolute Gasteiger partial charge is 0.322 e. The van der Waals surface area contributed by atoms with Crippen molar-refractivity contribution < 1.29 is 47.8 Å². The third kappa shape index (κ3) is 20.6. The molecule has 0 atom stereocenters. The van der Waals surface area contributed by atoms with Gasteiger partial charge in [-0.25, -0.2) is 19.2 Å². The summed E-state index contributed by atoms with van der Waals surface area (Å²) in [5, 5.41) is 53.6. The van der Waals surface area contributed by atoms with Crippen molar-refractivity contribution in [3.8, 4) is 44.5 Å². The summed E-state index contributed by atoms with van der Waals surface area (Å²) in [4.78, 5) is 120. The maximum atomic E-state index is 12.9. The molecule has 0 radical (unpaired) electrons. The summed E-state index contributed by atoms with van der Waals surface area (Å²) in [5.41, 5.74) is 21.3. The molecule has 0 spiro atoms. The lowest BCUT2D eigenvalue weighted by Gasteiger charge is -2.26. The Kier molecular flexibility index (Phi) is 25.6. The van der Waals surface area contributed by atoms with E-state index in [-0.39, 0.29) is 41.7 Å². The Hall–Kier alpha value is -16.9. The zero-order chi connectivity index (χ0) is 85.8. The third-order valence-electron chi connectivity index (χ3n) is 19.6. The molecule has 2 aliphatic rings. The van der Waals surface area contributed by atoms with Gasteiger partial charge in [-0.2, -0.15) is 20.4 Å². The number of ether oxygens (including phenoxy) is 2. The number of primary amides is 1. The van der Waals surface area contributed by atoms with Crippen molar-refractivity contribution in [2.75, 3.05) is 109 Å². The Labute approximate surface area is 706 Å². The number of morpholine rings is 2. The molecule has 620 valence electrons. The second-order valence-electron chi connectivity index (χ2n) is 28.3. The molecular weight excluding hydrogens is 1580 g/mol. The van der Waals surface area contributed by atoms with Crippen LogP contribution in [0.5, 0.6) is 0 Å². The fourth-order valence-corrected chi connectivity index (χ4v) is 13.3. The minimum Gasteiger partial charge on any atom is -0.378 e. The number of anilines is 8. The van der Waals surface area contributed by atoms with Crippen LogP contribution in [0.2, 0.25) is 0 Å². The van der Waals surface area contributed by atoms with Gasteiger partial charge in [-0.1, -0.05) is 78.9 Å². The number of rotatable bonds is 16. The molecule has 16 aromatic rings. The molecule has 10 heterocycles. The van der Waals surface area contributed by atoms with Gasteiger partial charge in [0.25, 0.3) is 23.6 Å². The van der Waals surface area contributed by atoms with Gasteiger partial charge in [0.2, 0.25) is 0 Å². The highest BCUT2D eigenvalue weighted by atomic mass is 16.5. The van der Waals surface area contributed by atoms with Crippen LogP contribution in [0.3, 0.4) is 0 Å². The van der Waals surface area contributed by atoms with Gasteiger partial charge in [0.15, 0.2) is 22.8 Å². The van der Waals surface area contributed by atoms with E-state index in [9.17, 15) is 38.4 Å². The van der Waals surface area contributed by atoms with Crippen LogP contribution >= 0.6 is 0 Å². The number of benzene rings is 8. The molecule has 8 aromatic carbocycles. The number of carbonyl (C=O) groups excluding carboxylic acids is 8. The number of carbonyl (C=O) groups is 8. The van der Waals surface area contributed by atoms with Crippen molar-refractivity contribution in [1.82, 2.24) is 75.4 Å². The van der Waals surface area contributed by atoms with Crippen molar-refractivity contribution in [3.63, 3.8) is 0 Å². The van der Waals surface area contributed by atoms with Crippen LogP contribution in [0, 0.1) is 0 Å². The van der Waals surface area contributed by atoms with E-state index in [0.717, 1.165) is 72.0 Å². The maximum Gasteiger partial charge on any atom is 0.322 e. The number of hydrogen-bond donors (Lipinski definition) is 13. The van der Waals surface area contributed by atoms with Gasteiger partial charge in [-0.15, -0.1) is 0 Å². The SMILES string of the molecule is CN(C)C(=O)Nc1cccc(NC(=O)c2n[nH]c3ccc(-c4cccnc4)cc23)c1.NC(=O)Nc1cncc(-c2ccc3[nH]nc(C(=O)Nc4ccccc4)c3c2)c1.O=C(Nc1ccc(NC(=O)N2CCOCC2)cc1)c1n[nH]c2ccc(-c3cccnc3)cc12.O=C(Nc1ccccc1)c1n[nH]c2ccc(-c3cncc(NC(=O)N4CCOCC4)c3)cc12. The highest BCUT2D eigenvalue weighted by molar-refractivity contribution is 6.15. The number of fused-ring (bicyclic) bond motifs is 4. The van der Waals surface area contributed by atoms with E-state index >= 15 is 0 Å². The molecular formula is C90H80N24O10. The number of nitrogens with one attached hydrogen (secondary N) is 12. The Morgan fingerprint density at radius 2 is 0.645 bits per heavy atom. The third-order valence-corrected chi connectivity index (χ3v) is 19.6. The number of amides is 12. The zero-order valence-electron chi connectivity index (χ0n) is 66.6. The minimum absolute atomic E-state index is 0.164. The van der Waals surface area contributed by atoms with Crippen molar-refractivity contribution in [1.29, 1.82) is 0 Å². The number of nitrogens with zero attached hydrogens (tertiary/aromatic N) is 11. The number of aromatic nitrogens is 12. The molecule has 12 amide bonds. The van der Waals surface area contributed by atoms with Crippen LogP contribution in [-0.4, -0.2) is 190 Å². The molecule has 0 aliphatic carbocycles. The van der Waals surface area contributed by atoms with Crippen LogP contribution < -0.4 is 48.3 Å². The summed E-state index contributed by atoms with van der Waals surface area (Å²) in [6.45, 7) is 4.43. The topological polar surface area (TPSA) is 453 Å². The number of H-pyrrole nitrogens is 4. The van der Waals surface area contributed by atoms with E-state index in [4.69, 9.17) is 15.2 Å². The number of aromatic amines is 4. The Balaban J connectivity index is 0.000000128. The number of nitrogens with two attached hydrogens (primary N) is 1. The first-order chi connectivity index (χ1) is 60.4. The van der Waals surface area contributed by atoms with E-state index < -0.39 is 6.03 Å². The molecule has 34 nitrogen and oxygen atoms in total. The molecule has 34 heteroatoms. The number of pyridine rings is 4. The first-order valence-electron chi connectivity index (χ1n) is 39.0. The molecule has 2 saturated heterocycles. The second-order valence-corrected chi connectivity index (χ2v) is 28.3. The lowest BCUT2D eigenvalue weighted by molar-refractivity contribution is 0.0564. The summed E-state index contributed by atoms with van der Waals surface area (Å²) in [7, 11) is 3.31. The van der Waals surface area contributed by atoms with Gasteiger partial charge in [0.05, 0.1) is 72.3 Å². The van der Waals surface area contributed by atoms with E-state index in [1.165, 1.54) is 11.1 Å². The van der Waals surface area contributed by atoms with Crippen molar-refractivity contribution in [3.05, 3.63) is 291 Å². The fraction of sp³-hybridized carbons (Fsp3) is 0.111. The molecule has 8 aromatic heterocycles. The van der Waals surface area contributed by atoms with E-state index in [1.54, 1.807) is 134 Å². The van der Waals surface area contributed by atoms with Crippen LogP contribution in [-0.2, 0) is 9.47 Å². The molecule has 0 unspecified atom stereocenters. The quantitative estimate of drug-likeness (QED) is 0.0427. The lowest BCUT2D eigenvalue weighted by Crippen LogP contribution is -2.43. The summed E-state index contributed by atoms with van der Waals surface area (Å²) in [6.07, 6.45) is 13.5. The maximum absolute atomic E-state index is 12.9. The second kappa shape index (κ2) is 38.7. The summed E-state index contributed by atoms with van der Waals surface area (Å²) in [5.74, 6) is -1.28. The average molecular weight is 1660 g/mol. The van der Waals surface area contributed by atoms with Gasteiger partial charge in [0.1, 0.15) is 0 Å². The van der Waals surface area contributed by atoms with Gasteiger partial charge in [-0.3, -0.25) is 59.5 Å². The van der Waals surface area contributed by atoms with Crippen molar-refractivity contribution in [2.24, 2.45) is 5.73 Å². The first-order valence-corrected chi connectivity index (χ1v) is 39.0. The van der Waals surface area contributed by atoms with Gasteiger partial charge >= 0.3 is 24.1 Å². The molecule has 0 saturated carbocycles. The van der Waals surface area contributed by atoms with Gasteiger partial charge in [0, 0.05) is 155 Å². The van der Waals surface area contributed by atoms with Crippen LogP contribution in [0.25, 0.3) is 88.1 Å². The molecule has 124 heavy (non-hydrogen) atoms. The standard InChI is InChI=1S/2C24H22N6O3.C22H20N6O2.C20H16N6O2/c31-23(22-20-14-16(3-8-21(20)28-29-22)17-2-1-9-25-15-17)26-18-4-6-19(7-5-18)27-24(32)30-10-12-33-13-11-30;31-23(26-18-4-2-1-3-5-18)22-20-13-16(6-7-21(20)28-29-22)17-12-19(15-25-14-17)27-24(32)30-8-10-33-11-9-30;1-28(2)22(30)25-17-7-3-6-16(12-17)24-21(29)20-18-11-14(8-9-19(18)26-27-20)15-5-4-10-23-13-15;21-20(28)24-15-8-13(10-22-11-15)12-6-7-17-16(9-12)18(26-25-17)19(27)23-14-4-2-1-3-5-14/h1-9,14-15H,10-13H2,(H,26,31)(H,27,32)(H,28,29);1-7,12-15H,8-11H2,(H,26,31)(H,27,32)(H,28,29);3-13H,1-2H3,(H,24,29)(H,25,30)(H,26,27);1-11H,(H,23,27)(H,25,26)(H3,21,24,28). The van der Waals surface area contributed by atoms with Gasteiger partial charge in [-0.05, 0) is 162 Å². The monoisotopic (exact) mass is 1660 g/mol. The van der Waals surface area contributed by atoms with E-state index in [1.807, 2.05) is 152 Å². The van der Waals surface area contributed by atoms with Crippen LogP contribution in [0.4, 0.5) is 64.7 Å². The summed E-state index contributed by atoms with van der Waals surface area (Å²) in [6, 6.07) is 65.1. The Morgan fingerprint density at radius 3 is 1.02 bits per heavy atom. The summed E-state index contributed by atoms with van der Waals surface area (Å²) >= 11 is 0.